The van der Waals surface area contributed by atoms with Crippen LogP contribution in [0.15, 0.2) is 12.2 Å². The summed E-state index contributed by atoms with van der Waals surface area (Å²) in [4.78, 5) is 22.7. The Bertz CT molecular complexity index is 415. The molecule has 0 unspecified atom stereocenters. The first-order valence-corrected chi connectivity index (χ1v) is 5.84. The fourth-order valence-electron chi connectivity index (χ4n) is 3.20. The maximum absolute atomic E-state index is 12.0. The van der Waals surface area contributed by atoms with Gasteiger partial charge in [0, 0.05) is 6.42 Å². The molecule has 5 nitrogen and oxygen atoms in total. The molecule has 3 rings (SSSR count). The fraction of sp³-hybridized carbons (Fsp3) is 0.667. The third kappa shape index (κ3) is 1.29. The molecule has 0 amide bonds. The van der Waals surface area contributed by atoms with Crippen LogP contribution in [0.5, 0.6) is 0 Å². The zero-order chi connectivity index (χ0) is 12.1. The lowest BCUT2D eigenvalue weighted by atomic mass is 9.67. The highest BCUT2D eigenvalue weighted by Crippen LogP contribution is 2.56. The smallest absolute Gasteiger partial charge is 0.315 e. The van der Waals surface area contributed by atoms with Crippen molar-refractivity contribution < 1.29 is 24.2 Å². The summed E-state index contributed by atoms with van der Waals surface area (Å²) in [6.45, 7) is 0.221. The number of hydrogen-bond acceptors (Lipinski definition) is 4. The number of carbonyl (C=O) groups excluding carboxylic acids is 1. The van der Waals surface area contributed by atoms with Crippen molar-refractivity contribution in [2.45, 2.75) is 37.4 Å². The summed E-state index contributed by atoms with van der Waals surface area (Å²) in [5.74, 6) is -1.19. The second-order valence-electron chi connectivity index (χ2n) is 5.00. The van der Waals surface area contributed by atoms with Crippen molar-refractivity contribution in [3.05, 3.63) is 12.2 Å². The number of esters is 1. The Kier molecular flexibility index (Phi) is 2.10. The van der Waals surface area contributed by atoms with Crippen LogP contribution in [-0.4, -0.2) is 35.4 Å². The second-order valence-corrected chi connectivity index (χ2v) is 5.00. The maximum atomic E-state index is 12.0. The Balaban J connectivity index is 1.95. The Morgan fingerprint density at radius 2 is 2.41 bits per heavy atom. The van der Waals surface area contributed by atoms with Crippen LogP contribution >= 0.6 is 0 Å². The molecule has 2 fully saturated rings. The molecule has 0 aliphatic carbocycles. The summed E-state index contributed by atoms with van der Waals surface area (Å²) in [6, 6.07) is 0. The Morgan fingerprint density at radius 3 is 3.18 bits per heavy atom. The average molecular weight is 238 g/mol. The van der Waals surface area contributed by atoms with Crippen LogP contribution in [0.25, 0.3) is 0 Å². The van der Waals surface area contributed by atoms with Gasteiger partial charge in [0.25, 0.3) is 0 Å². The van der Waals surface area contributed by atoms with Gasteiger partial charge in [0.2, 0.25) is 0 Å². The molecule has 3 aliphatic rings. The molecule has 0 aromatic rings. The number of cyclic esters (lactones) is 1. The molecular formula is C12H14O5. The van der Waals surface area contributed by atoms with Crippen LogP contribution in [0.2, 0.25) is 0 Å². The lowest BCUT2D eigenvalue weighted by Crippen LogP contribution is -2.52. The average Bonchev–Trinajstić information content (AvgIpc) is 2.79. The Labute approximate surface area is 98.4 Å². The molecule has 1 N–H and O–H groups in total. The van der Waals surface area contributed by atoms with Crippen molar-refractivity contribution in [1.82, 2.24) is 0 Å². The summed E-state index contributed by atoms with van der Waals surface area (Å²) in [5.41, 5.74) is -1.49. The van der Waals surface area contributed by atoms with Gasteiger partial charge in [0.05, 0.1) is 6.10 Å². The topological polar surface area (TPSA) is 72.8 Å². The lowest BCUT2D eigenvalue weighted by molar-refractivity contribution is -0.160. The zero-order valence-corrected chi connectivity index (χ0v) is 9.35. The summed E-state index contributed by atoms with van der Waals surface area (Å²) in [5, 5.41) is 8.80. The molecule has 0 radical (unpaired) electrons. The quantitative estimate of drug-likeness (QED) is 0.583. The summed E-state index contributed by atoms with van der Waals surface area (Å²) in [7, 11) is 0. The normalized spacial score (nSPS) is 42.4. The number of fused-ring (bicyclic) bond motifs is 1. The number of carboxylic acids is 1. The highest BCUT2D eigenvalue weighted by molar-refractivity contribution is 5.83. The largest absolute Gasteiger partial charge is 0.481 e. The first kappa shape index (κ1) is 10.8. The molecule has 2 bridgehead atoms. The van der Waals surface area contributed by atoms with Gasteiger partial charge in [-0.15, -0.1) is 0 Å². The van der Waals surface area contributed by atoms with Crippen LogP contribution in [0.4, 0.5) is 0 Å². The van der Waals surface area contributed by atoms with Gasteiger partial charge in [-0.25, -0.2) is 0 Å². The van der Waals surface area contributed by atoms with E-state index in [2.05, 4.69) is 0 Å². The SMILES string of the molecule is O=C(O)CC[C@]12CC[C@@H]3C=C[C@@]1(COC2=O)O3. The number of carbonyl (C=O) groups is 2. The minimum absolute atomic E-state index is 0.0291. The first-order chi connectivity index (χ1) is 8.08. The minimum atomic E-state index is -0.890. The molecule has 17 heavy (non-hydrogen) atoms. The fourth-order valence-corrected chi connectivity index (χ4v) is 3.20. The molecule has 0 aromatic heterocycles. The van der Waals surface area contributed by atoms with Crippen molar-refractivity contribution in [3.8, 4) is 0 Å². The van der Waals surface area contributed by atoms with Gasteiger partial charge in [-0.05, 0) is 25.3 Å². The van der Waals surface area contributed by atoms with Crippen LogP contribution in [0.3, 0.4) is 0 Å². The van der Waals surface area contributed by atoms with E-state index in [0.29, 0.717) is 6.42 Å². The van der Waals surface area contributed by atoms with Crippen molar-refractivity contribution in [2.75, 3.05) is 6.61 Å². The molecule has 5 heteroatoms. The molecule has 3 atom stereocenters. The molecule has 3 heterocycles. The number of carboxylic acid groups (broad SMARTS) is 1. The summed E-state index contributed by atoms with van der Waals surface area (Å²) in [6.07, 6.45) is 5.59. The summed E-state index contributed by atoms with van der Waals surface area (Å²) < 4.78 is 11.0. The lowest BCUT2D eigenvalue weighted by Gasteiger charge is -2.42. The molecule has 3 aliphatic heterocycles. The van der Waals surface area contributed by atoms with E-state index < -0.39 is 17.0 Å². The van der Waals surface area contributed by atoms with Gasteiger partial charge < -0.3 is 14.6 Å². The van der Waals surface area contributed by atoms with Gasteiger partial charge >= 0.3 is 11.9 Å². The standard InChI is InChI=1S/C12H14O5/c13-9(14)3-5-11-4-1-8-2-6-12(11,17-8)7-16-10(11)15/h2,6,8H,1,3-5,7H2,(H,13,14)/t8-,11+,12+/m1/s1. The number of aliphatic carboxylic acids is 1. The second kappa shape index (κ2) is 3.32. The van der Waals surface area contributed by atoms with E-state index in [0.717, 1.165) is 6.42 Å². The molecule has 2 saturated heterocycles. The van der Waals surface area contributed by atoms with E-state index in [9.17, 15) is 9.59 Å². The van der Waals surface area contributed by atoms with E-state index >= 15 is 0 Å². The number of rotatable bonds is 3. The van der Waals surface area contributed by atoms with Crippen molar-refractivity contribution in [1.29, 1.82) is 0 Å². The molecule has 92 valence electrons. The van der Waals surface area contributed by atoms with E-state index in [1.165, 1.54) is 0 Å². The predicted octanol–water partition coefficient (Wildman–Crippen LogP) is 0.882. The third-order valence-electron chi connectivity index (χ3n) is 4.18. The maximum Gasteiger partial charge on any atom is 0.315 e. The summed E-state index contributed by atoms with van der Waals surface area (Å²) >= 11 is 0. The monoisotopic (exact) mass is 238 g/mol. The van der Waals surface area contributed by atoms with Crippen LogP contribution < -0.4 is 0 Å². The van der Waals surface area contributed by atoms with Crippen molar-refractivity contribution in [2.24, 2.45) is 5.41 Å². The first-order valence-electron chi connectivity index (χ1n) is 5.84. The molecule has 0 aromatic carbocycles. The van der Waals surface area contributed by atoms with Gasteiger partial charge in [-0.2, -0.15) is 0 Å². The van der Waals surface area contributed by atoms with Crippen molar-refractivity contribution in [3.63, 3.8) is 0 Å². The van der Waals surface area contributed by atoms with Crippen LogP contribution in [0.1, 0.15) is 25.7 Å². The minimum Gasteiger partial charge on any atom is -0.481 e. The Morgan fingerprint density at radius 1 is 1.59 bits per heavy atom. The highest BCUT2D eigenvalue weighted by atomic mass is 16.6. The highest BCUT2D eigenvalue weighted by Gasteiger charge is 2.66. The predicted molar refractivity (Wildman–Crippen MR) is 56.2 cm³/mol. The zero-order valence-electron chi connectivity index (χ0n) is 9.35. The Hall–Kier alpha value is -1.36. The molecular weight excluding hydrogens is 224 g/mol. The molecule has 0 saturated carbocycles. The molecule has 1 spiro atoms. The van der Waals surface area contributed by atoms with E-state index in [-0.39, 0.29) is 31.5 Å². The van der Waals surface area contributed by atoms with Gasteiger partial charge in [0.15, 0.2) is 0 Å². The van der Waals surface area contributed by atoms with Crippen LogP contribution in [0, 0.1) is 5.41 Å². The van der Waals surface area contributed by atoms with E-state index in [1.807, 2.05) is 12.2 Å². The van der Waals surface area contributed by atoms with Crippen LogP contribution in [-0.2, 0) is 19.1 Å². The van der Waals surface area contributed by atoms with Crippen molar-refractivity contribution >= 4 is 11.9 Å². The van der Waals surface area contributed by atoms with Gasteiger partial charge in [0.1, 0.15) is 17.6 Å². The number of ether oxygens (including phenoxy) is 2. The van der Waals surface area contributed by atoms with E-state index in [1.54, 1.807) is 0 Å². The van der Waals surface area contributed by atoms with E-state index in [4.69, 9.17) is 14.6 Å². The van der Waals surface area contributed by atoms with Gasteiger partial charge in [-0.1, -0.05) is 6.08 Å². The number of hydrogen-bond donors (Lipinski definition) is 1. The third-order valence-corrected chi connectivity index (χ3v) is 4.18. The van der Waals surface area contributed by atoms with Gasteiger partial charge in [-0.3, -0.25) is 9.59 Å².